The average Bonchev–Trinajstić information content (AvgIpc) is 3.32. The third-order valence-electron chi connectivity index (χ3n) is 3.91. The van der Waals surface area contributed by atoms with Crippen LogP contribution in [-0.2, 0) is 0 Å². The molecule has 0 unspecified atom stereocenters. The number of nitrogens with zero attached hydrogens (tertiary/aromatic N) is 4. The van der Waals surface area contributed by atoms with Crippen molar-refractivity contribution in [2.45, 2.75) is 6.92 Å². The van der Waals surface area contributed by atoms with Gasteiger partial charge in [-0.3, -0.25) is 9.89 Å². The number of aromatic nitrogens is 5. The lowest BCUT2D eigenvalue weighted by molar-refractivity contribution is 0.102. The van der Waals surface area contributed by atoms with Crippen LogP contribution in [0.15, 0.2) is 60.9 Å². The van der Waals surface area contributed by atoms with Crippen LogP contribution in [0.3, 0.4) is 0 Å². The van der Waals surface area contributed by atoms with Crippen molar-refractivity contribution in [3.05, 3.63) is 77.3 Å². The molecule has 0 fully saturated rings. The van der Waals surface area contributed by atoms with Crippen LogP contribution in [-0.4, -0.2) is 30.9 Å². The van der Waals surface area contributed by atoms with E-state index in [1.165, 1.54) is 6.20 Å². The van der Waals surface area contributed by atoms with Crippen LogP contribution in [0.25, 0.3) is 17.1 Å². The largest absolute Gasteiger partial charge is 0.322 e. The topological polar surface area (TPSA) is 88.5 Å². The van der Waals surface area contributed by atoms with E-state index in [-0.39, 0.29) is 5.91 Å². The van der Waals surface area contributed by atoms with Crippen molar-refractivity contribution in [1.29, 1.82) is 0 Å². The number of carbonyl (C=O) groups is 1. The van der Waals surface area contributed by atoms with Crippen LogP contribution < -0.4 is 5.32 Å². The maximum atomic E-state index is 12.5. The Balaban J connectivity index is 1.52. The number of anilines is 1. The molecule has 0 spiro atoms. The summed E-state index contributed by atoms with van der Waals surface area (Å²) in [6, 6.07) is 14.6. The molecule has 2 aromatic heterocycles. The minimum absolute atomic E-state index is 0.251. The molecule has 0 saturated carbocycles. The number of amides is 1. The second-order valence-corrected chi connectivity index (χ2v) is 6.37. The number of carbonyl (C=O) groups excluding carboxylic acids is 1. The number of rotatable bonds is 4. The first-order valence-electron chi connectivity index (χ1n) is 8.20. The van der Waals surface area contributed by atoms with Crippen LogP contribution in [0, 0.1) is 6.92 Å². The Morgan fingerprint density at radius 3 is 2.74 bits per heavy atom. The third kappa shape index (κ3) is 3.73. The highest BCUT2D eigenvalue weighted by atomic mass is 35.5. The lowest BCUT2D eigenvalue weighted by Gasteiger charge is -2.05. The van der Waals surface area contributed by atoms with Crippen LogP contribution in [0.5, 0.6) is 0 Å². The van der Waals surface area contributed by atoms with Gasteiger partial charge in [-0.25, -0.2) is 9.67 Å². The molecule has 0 saturated heterocycles. The normalized spacial score (nSPS) is 10.7. The number of aromatic amines is 1. The van der Waals surface area contributed by atoms with Gasteiger partial charge in [0.25, 0.3) is 5.91 Å². The van der Waals surface area contributed by atoms with Gasteiger partial charge in [0.1, 0.15) is 5.82 Å². The van der Waals surface area contributed by atoms with E-state index in [1.54, 1.807) is 23.0 Å². The molecule has 0 bridgehead atoms. The van der Waals surface area contributed by atoms with Crippen LogP contribution in [0.2, 0.25) is 5.02 Å². The predicted molar refractivity (Wildman–Crippen MR) is 103 cm³/mol. The zero-order chi connectivity index (χ0) is 18.8. The van der Waals surface area contributed by atoms with Crippen molar-refractivity contribution < 1.29 is 4.79 Å². The SMILES string of the molecule is Cc1nc(-c2cccc(NC(=O)c3cnn(-c4ccc(Cl)cc4)c3)c2)n[nH]1. The van der Waals surface area contributed by atoms with Gasteiger partial charge in [-0.15, -0.1) is 0 Å². The molecule has 134 valence electrons. The highest BCUT2D eigenvalue weighted by Crippen LogP contribution is 2.20. The highest BCUT2D eigenvalue weighted by Gasteiger charge is 2.11. The lowest BCUT2D eigenvalue weighted by atomic mass is 10.2. The molecule has 1 amide bonds. The minimum atomic E-state index is -0.251. The maximum absolute atomic E-state index is 12.5. The fraction of sp³-hybridized carbons (Fsp3) is 0.0526. The van der Waals surface area contributed by atoms with Gasteiger partial charge >= 0.3 is 0 Å². The van der Waals surface area contributed by atoms with E-state index in [9.17, 15) is 4.79 Å². The zero-order valence-electron chi connectivity index (χ0n) is 14.3. The van der Waals surface area contributed by atoms with E-state index < -0.39 is 0 Å². The molecule has 8 heteroatoms. The molecule has 2 N–H and O–H groups in total. The molecule has 4 rings (SSSR count). The number of nitrogens with one attached hydrogen (secondary N) is 2. The summed E-state index contributed by atoms with van der Waals surface area (Å²) in [5.41, 5.74) is 2.73. The summed E-state index contributed by atoms with van der Waals surface area (Å²) in [6.45, 7) is 1.83. The van der Waals surface area contributed by atoms with Gasteiger partial charge in [-0.05, 0) is 43.3 Å². The van der Waals surface area contributed by atoms with E-state index in [1.807, 2.05) is 43.3 Å². The average molecular weight is 379 g/mol. The van der Waals surface area contributed by atoms with Crippen molar-refractivity contribution in [2.75, 3.05) is 5.32 Å². The van der Waals surface area contributed by atoms with Gasteiger partial charge in [0, 0.05) is 22.5 Å². The molecule has 0 aliphatic carbocycles. The molecule has 7 nitrogen and oxygen atoms in total. The summed E-state index contributed by atoms with van der Waals surface area (Å²) in [5.74, 6) is 1.06. The fourth-order valence-corrected chi connectivity index (χ4v) is 2.71. The summed E-state index contributed by atoms with van der Waals surface area (Å²) in [4.78, 5) is 16.8. The van der Waals surface area contributed by atoms with Crippen LogP contribution in [0.4, 0.5) is 5.69 Å². The van der Waals surface area contributed by atoms with E-state index in [0.29, 0.717) is 22.1 Å². The summed E-state index contributed by atoms with van der Waals surface area (Å²) >= 11 is 5.90. The fourth-order valence-electron chi connectivity index (χ4n) is 2.59. The van der Waals surface area contributed by atoms with Crippen molar-refractivity contribution >= 4 is 23.2 Å². The minimum Gasteiger partial charge on any atom is -0.322 e. The summed E-state index contributed by atoms with van der Waals surface area (Å²) in [6.07, 6.45) is 3.19. The van der Waals surface area contributed by atoms with Gasteiger partial charge in [0.2, 0.25) is 0 Å². The number of hydrogen-bond donors (Lipinski definition) is 2. The first-order chi connectivity index (χ1) is 13.1. The molecular formula is C19H15ClN6O. The first kappa shape index (κ1) is 17.0. The van der Waals surface area contributed by atoms with Crippen LogP contribution in [0.1, 0.15) is 16.2 Å². The standard InChI is InChI=1S/C19H15ClN6O/c1-12-22-18(25-24-12)13-3-2-4-16(9-13)23-19(27)14-10-21-26(11-14)17-7-5-15(20)6-8-17/h2-11H,1H3,(H,23,27)(H,22,24,25). The maximum Gasteiger partial charge on any atom is 0.258 e. The molecular weight excluding hydrogens is 364 g/mol. The monoisotopic (exact) mass is 378 g/mol. The number of hydrogen-bond acceptors (Lipinski definition) is 4. The summed E-state index contributed by atoms with van der Waals surface area (Å²) in [7, 11) is 0. The number of halogens is 1. The summed E-state index contributed by atoms with van der Waals surface area (Å²) in [5, 5.41) is 14.7. The Morgan fingerprint density at radius 2 is 2.00 bits per heavy atom. The third-order valence-corrected chi connectivity index (χ3v) is 4.16. The number of aryl methyl sites for hydroxylation is 1. The van der Waals surface area contributed by atoms with Crippen molar-refractivity contribution in [2.24, 2.45) is 0 Å². The van der Waals surface area contributed by atoms with Crippen molar-refractivity contribution in [3.63, 3.8) is 0 Å². The molecule has 0 aliphatic heterocycles. The van der Waals surface area contributed by atoms with E-state index >= 15 is 0 Å². The van der Waals surface area contributed by atoms with E-state index in [2.05, 4.69) is 25.6 Å². The zero-order valence-corrected chi connectivity index (χ0v) is 15.1. The molecule has 4 aromatic rings. The van der Waals surface area contributed by atoms with E-state index in [4.69, 9.17) is 11.6 Å². The van der Waals surface area contributed by atoms with Gasteiger partial charge in [-0.1, -0.05) is 23.7 Å². The molecule has 0 atom stereocenters. The van der Waals surface area contributed by atoms with Gasteiger partial charge in [-0.2, -0.15) is 10.2 Å². The number of benzene rings is 2. The molecule has 27 heavy (non-hydrogen) atoms. The van der Waals surface area contributed by atoms with E-state index in [0.717, 1.165) is 17.1 Å². The Morgan fingerprint density at radius 1 is 1.19 bits per heavy atom. The van der Waals surface area contributed by atoms with Gasteiger partial charge in [0.05, 0.1) is 17.4 Å². The molecule has 0 aliphatic rings. The number of H-pyrrole nitrogens is 1. The molecule has 2 aromatic carbocycles. The Bertz CT molecular complexity index is 1100. The molecule has 2 heterocycles. The van der Waals surface area contributed by atoms with Gasteiger partial charge in [0.15, 0.2) is 5.82 Å². The lowest BCUT2D eigenvalue weighted by Crippen LogP contribution is -2.11. The second kappa shape index (κ2) is 7.05. The Hall–Kier alpha value is -3.45. The Labute approximate surface area is 160 Å². The quantitative estimate of drug-likeness (QED) is 0.564. The molecule has 0 radical (unpaired) electrons. The van der Waals surface area contributed by atoms with Crippen molar-refractivity contribution in [1.82, 2.24) is 25.0 Å². The smallest absolute Gasteiger partial charge is 0.258 e. The Kier molecular flexibility index (Phi) is 4.43. The van der Waals surface area contributed by atoms with Crippen molar-refractivity contribution in [3.8, 4) is 17.1 Å². The highest BCUT2D eigenvalue weighted by molar-refractivity contribution is 6.30. The van der Waals surface area contributed by atoms with Gasteiger partial charge < -0.3 is 5.32 Å². The predicted octanol–water partition coefficient (Wildman–Crippen LogP) is 3.87. The summed E-state index contributed by atoms with van der Waals surface area (Å²) < 4.78 is 1.62. The first-order valence-corrected chi connectivity index (χ1v) is 8.58. The second-order valence-electron chi connectivity index (χ2n) is 5.93. The van der Waals surface area contributed by atoms with Crippen LogP contribution >= 0.6 is 11.6 Å².